The number of fused-ring (bicyclic) bond motifs is 1. The van der Waals surface area contributed by atoms with E-state index in [2.05, 4.69) is 15.6 Å². The van der Waals surface area contributed by atoms with Gasteiger partial charge in [-0.25, -0.2) is 4.98 Å². The van der Waals surface area contributed by atoms with Gasteiger partial charge in [-0.2, -0.15) is 0 Å². The zero-order chi connectivity index (χ0) is 20.8. The summed E-state index contributed by atoms with van der Waals surface area (Å²) in [6, 6.07) is 12.4. The normalized spacial score (nSPS) is 10.9. The Hall–Kier alpha value is -3.39. The molecule has 29 heavy (non-hydrogen) atoms. The van der Waals surface area contributed by atoms with Gasteiger partial charge in [0.25, 0.3) is 11.8 Å². The third-order valence-electron chi connectivity index (χ3n) is 4.04. The van der Waals surface area contributed by atoms with Crippen LogP contribution in [0.5, 0.6) is 5.75 Å². The number of aromatic nitrogens is 2. The lowest BCUT2D eigenvalue weighted by Crippen LogP contribution is -2.27. The molecule has 0 aliphatic heterocycles. The van der Waals surface area contributed by atoms with Gasteiger partial charge >= 0.3 is 0 Å². The van der Waals surface area contributed by atoms with Gasteiger partial charge in [-0.05, 0) is 50.2 Å². The first-order valence-electron chi connectivity index (χ1n) is 9.32. The highest BCUT2D eigenvalue weighted by molar-refractivity contribution is 6.06. The minimum atomic E-state index is -0.417. The van der Waals surface area contributed by atoms with Crippen molar-refractivity contribution < 1.29 is 19.1 Å². The van der Waals surface area contributed by atoms with Gasteiger partial charge in [0.2, 0.25) is 5.82 Å². The summed E-state index contributed by atoms with van der Waals surface area (Å²) in [6.07, 6.45) is 1.77. The molecule has 3 aromatic rings. The summed E-state index contributed by atoms with van der Waals surface area (Å²) in [7, 11) is 1.56. The van der Waals surface area contributed by atoms with Crippen LogP contribution in [0.15, 0.2) is 48.7 Å². The molecule has 1 aromatic carbocycles. The number of carbonyl (C=O) groups excluding carboxylic acids is 2. The van der Waals surface area contributed by atoms with E-state index in [1.165, 1.54) is 0 Å². The van der Waals surface area contributed by atoms with E-state index >= 15 is 0 Å². The summed E-state index contributed by atoms with van der Waals surface area (Å²) in [5, 5.41) is 5.54. The first kappa shape index (κ1) is 20.3. The average Bonchev–Trinajstić information content (AvgIpc) is 3.09. The second kappa shape index (κ2) is 9.20. The smallest absolute Gasteiger partial charge is 0.292 e. The quantitative estimate of drug-likeness (QED) is 0.571. The minimum absolute atomic E-state index is 0.0696. The highest BCUT2D eigenvalue weighted by Gasteiger charge is 2.21. The van der Waals surface area contributed by atoms with Gasteiger partial charge in [-0.1, -0.05) is 6.07 Å². The van der Waals surface area contributed by atoms with E-state index in [0.29, 0.717) is 24.4 Å². The van der Waals surface area contributed by atoms with Crippen molar-refractivity contribution in [3.8, 4) is 5.75 Å². The number of hydrogen-bond acceptors (Lipinski definition) is 5. The number of ether oxygens (including phenoxy) is 2. The van der Waals surface area contributed by atoms with Crippen LogP contribution in [0.25, 0.3) is 5.52 Å². The molecule has 0 spiro atoms. The molecule has 2 N–H and O–H groups in total. The van der Waals surface area contributed by atoms with E-state index in [4.69, 9.17) is 9.47 Å². The molecule has 0 unspecified atom stereocenters. The van der Waals surface area contributed by atoms with Crippen LogP contribution in [0.1, 0.15) is 35.0 Å². The summed E-state index contributed by atoms with van der Waals surface area (Å²) in [5.41, 5.74) is 1.34. The number of carbonyl (C=O) groups is 2. The Balaban J connectivity index is 1.81. The van der Waals surface area contributed by atoms with Gasteiger partial charge in [0, 0.05) is 25.5 Å². The zero-order valence-electron chi connectivity index (χ0n) is 16.6. The van der Waals surface area contributed by atoms with Crippen molar-refractivity contribution in [2.75, 3.05) is 25.6 Å². The van der Waals surface area contributed by atoms with Crippen molar-refractivity contribution in [2.24, 2.45) is 0 Å². The van der Waals surface area contributed by atoms with Crippen molar-refractivity contribution in [3.05, 3.63) is 60.2 Å². The third kappa shape index (κ3) is 4.91. The molecule has 152 valence electrons. The molecular formula is C21H24N4O4. The van der Waals surface area contributed by atoms with Crippen LogP contribution in [-0.2, 0) is 4.74 Å². The Morgan fingerprint density at radius 2 is 1.86 bits per heavy atom. The number of methoxy groups -OCH3 is 1. The molecule has 2 amide bonds. The van der Waals surface area contributed by atoms with Gasteiger partial charge in [-0.3, -0.25) is 14.0 Å². The lowest BCUT2D eigenvalue weighted by atomic mass is 10.3. The molecule has 0 radical (unpaired) electrons. The van der Waals surface area contributed by atoms with Crippen molar-refractivity contribution in [1.82, 2.24) is 14.7 Å². The molecule has 2 aromatic heterocycles. The molecule has 3 rings (SSSR count). The molecule has 0 atom stereocenters. The van der Waals surface area contributed by atoms with E-state index in [9.17, 15) is 9.59 Å². The number of imidazole rings is 1. The SMILES string of the molecule is COCCNC(=O)c1nc(C(=O)Nc2ccc(OC(C)C)cc2)n2ccccc12. The molecule has 0 aliphatic rings. The van der Waals surface area contributed by atoms with E-state index in [-0.39, 0.29) is 23.5 Å². The maximum atomic E-state index is 12.8. The van der Waals surface area contributed by atoms with Crippen molar-refractivity contribution >= 4 is 23.0 Å². The Morgan fingerprint density at radius 3 is 2.55 bits per heavy atom. The fourth-order valence-electron chi connectivity index (χ4n) is 2.79. The first-order chi connectivity index (χ1) is 14.0. The van der Waals surface area contributed by atoms with Crippen LogP contribution < -0.4 is 15.4 Å². The van der Waals surface area contributed by atoms with Gasteiger partial charge in [0.1, 0.15) is 5.75 Å². The van der Waals surface area contributed by atoms with Crippen LogP contribution >= 0.6 is 0 Å². The lowest BCUT2D eigenvalue weighted by Gasteiger charge is -2.10. The number of hydrogen-bond donors (Lipinski definition) is 2. The zero-order valence-corrected chi connectivity index (χ0v) is 16.6. The lowest BCUT2D eigenvalue weighted by molar-refractivity contribution is 0.0934. The minimum Gasteiger partial charge on any atom is -0.491 e. The van der Waals surface area contributed by atoms with Gasteiger partial charge in [-0.15, -0.1) is 0 Å². The van der Waals surface area contributed by atoms with Gasteiger partial charge in [0.15, 0.2) is 5.69 Å². The average molecular weight is 396 g/mol. The van der Waals surface area contributed by atoms with E-state index < -0.39 is 5.91 Å². The number of benzene rings is 1. The summed E-state index contributed by atoms with van der Waals surface area (Å²) in [5.74, 6) is 0.0685. The van der Waals surface area contributed by atoms with Gasteiger partial charge in [0.05, 0.1) is 18.2 Å². The maximum absolute atomic E-state index is 12.8. The van der Waals surface area contributed by atoms with Crippen LogP contribution in [0.3, 0.4) is 0 Å². The maximum Gasteiger partial charge on any atom is 0.292 e. The predicted molar refractivity (Wildman–Crippen MR) is 110 cm³/mol. The van der Waals surface area contributed by atoms with Crippen LogP contribution in [-0.4, -0.2) is 47.6 Å². The van der Waals surface area contributed by atoms with Crippen LogP contribution in [0.2, 0.25) is 0 Å². The topological polar surface area (TPSA) is 94.0 Å². The molecule has 8 nitrogen and oxygen atoms in total. The van der Waals surface area contributed by atoms with Crippen molar-refractivity contribution in [3.63, 3.8) is 0 Å². The fourth-order valence-corrected chi connectivity index (χ4v) is 2.79. The summed E-state index contributed by atoms with van der Waals surface area (Å²) in [4.78, 5) is 29.6. The Morgan fingerprint density at radius 1 is 1.10 bits per heavy atom. The molecule has 0 aliphatic carbocycles. The highest BCUT2D eigenvalue weighted by Crippen LogP contribution is 2.19. The second-order valence-electron chi connectivity index (χ2n) is 6.63. The fraction of sp³-hybridized carbons (Fsp3) is 0.286. The largest absolute Gasteiger partial charge is 0.491 e. The molecule has 8 heteroatoms. The number of nitrogens with zero attached hydrogens (tertiary/aromatic N) is 2. The standard InChI is InChI=1S/C21H24N4O4/c1-14(2)29-16-9-7-15(8-10-16)23-21(27)19-24-18(20(26)22-11-13-28-3)17-6-4-5-12-25(17)19/h4-10,12,14H,11,13H2,1-3H3,(H,22,26)(H,23,27). The second-order valence-corrected chi connectivity index (χ2v) is 6.63. The molecule has 0 saturated heterocycles. The van der Waals surface area contributed by atoms with Crippen LogP contribution in [0.4, 0.5) is 5.69 Å². The van der Waals surface area contributed by atoms with Crippen molar-refractivity contribution in [2.45, 2.75) is 20.0 Å². The Bertz CT molecular complexity index is 996. The number of nitrogens with one attached hydrogen (secondary N) is 2. The highest BCUT2D eigenvalue weighted by atomic mass is 16.5. The van der Waals surface area contributed by atoms with E-state index in [0.717, 1.165) is 5.75 Å². The number of anilines is 1. The molecule has 0 saturated carbocycles. The monoisotopic (exact) mass is 396 g/mol. The molecule has 0 bridgehead atoms. The predicted octanol–water partition coefficient (Wildman–Crippen LogP) is 2.75. The summed E-state index contributed by atoms with van der Waals surface area (Å²) < 4.78 is 12.1. The number of amides is 2. The third-order valence-corrected chi connectivity index (χ3v) is 4.04. The molecule has 2 heterocycles. The Kier molecular flexibility index (Phi) is 6.46. The Labute approximate surface area is 168 Å². The van der Waals surface area contributed by atoms with Gasteiger partial charge < -0.3 is 20.1 Å². The van der Waals surface area contributed by atoms with Crippen LogP contribution in [0, 0.1) is 0 Å². The van der Waals surface area contributed by atoms with E-state index in [1.807, 2.05) is 13.8 Å². The first-order valence-corrected chi connectivity index (χ1v) is 9.32. The number of pyridine rings is 1. The van der Waals surface area contributed by atoms with E-state index in [1.54, 1.807) is 60.2 Å². The summed E-state index contributed by atoms with van der Waals surface area (Å²) >= 11 is 0. The molecule has 0 fully saturated rings. The van der Waals surface area contributed by atoms with Crippen molar-refractivity contribution in [1.29, 1.82) is 0 Å². The molecular weight excluding hydrogens is 372 g/mol. The summed E-state index contributed by atoms with van der Waals surface area (Å²) in [6.45, 7) is 4.64. The number of rotatable bonds is 8.